The van der Waals surface area contributed by atoms with Gasteiger partial charge in [0.1, 0.15) is 10.8 Å². The molecule has 0 unspecified atom stereocenters. The van der Waals surface area contributed by atoms with E-state index in [0.29, 0.717) is 11.7 Å². The molecule has 0 bridgehead atoms. The number of hydrogen-bond acceptors (Lipinski definition) is 5. The first-order valence-electron chi connectivity index (χ1n) is 5.10. The van der Waals surface area contributed by atoms with Gasteiger partial charge >= 0.3 is 0 Å². The van der Waals surface area contributed by atoms with E-state index in [1.165, 1.54) is 11.3 Å². The first kappa shape index (κ1) is 12.5. The molecule has 1 N–H and O–H groups in total. The van der Waals surface area contributed by atoms with Crippen LogP contribution in [-0.4, -0.2) is 17.2 Å². The topological polar surface area (TPSA) is 47.0 Å². The summed E-state index contributed by atoms with van der Waals surface area (Å²) < 4.78 is 6.69. The number of nitrogens with zero attached hydrogens (tertiary/aromatic N) is 2. The molecule has 0 saturated carbocycles. The van der Waals surface area contributed by atoms with Gasteiger partial charge in [0, 0.05) is 11.0 Å². The van der Waals surface area contributed by atoms with E-state index in [4.69, 9.17) is 4.74 Å². The second-order valence-electron chi connectivity index (χ2n) is 3.50. The lowest BCUT2D eigenvalue weighted by molar-refractivity contribution is 0.469. The van der Waals surface area contributed by atoms with E-state index in [9.17, 15) is 0 Å². The predicted octanol–water partition coefficient (Wildman–Crippen LogP) is 3.12. The summed E-state index contributed by atoms with van der Waals surface area (Å²) in [7, 11) is 1.88. The van der Waals surface area contributed by atoms with Crippen LogP contribution in [0.5, 0.6) is 10.9 Å². The van der Waals surface area contributed by atoms with Crippen LogP contribution >= 0.6 is 27.3 Å². The van der Waals surface area contributed by atoms with E-state index in [-0.39, 0.29) is 0 Å². The molecule has 0 aliphatic rings. The van der Waals surface area contributed by atoms with E-state index in [1.54, 1.807) is 0 Å². The Morgan fingerprint density at radius 1 is 1.41 bits per heavy atom. The van der Waals surface area contributed by atoms with Crippen molar-refractivity contribution < 1.29 is 4.74 Å². The van der Waals surface area contributed by atoms with E-state index < -0.39 is 0 Å². The number of aryl methyl sites for hydroxylation is 1. The van der Waals surface area contributed by atoms with Crippen LogP contribution in [0.25, 0.3) is 0 Å². The minimum atomic E-state index is 0.566. The zero-order chi connectivity index (χ0) is 12.3. The molecule has 1 aromatic carbocycles. The minimum Gasteiger partial charge on any atom is -0.429 e. The summed E-state index contributed by atoms with van der Waals surface area (Å²) in [6.45, 7) is 2.70. The molecule has 0 aliphatic carbocycles. The zero-order valence-electron chi connectivity index (χ0n) is 9.53. The van der Waals surface area contributed by atoms with Crippen molar-refractivity contribution >= 4 is 27.3 Å². The third-order valence-corrected chi connectivity index (χ3v) is 3.42. The molecule has 4 nitrogen and oxygen atoms in total. The van der Waals surface area contributed by atoms with E-state index in [0.717, 1.165) is 20.8 Å². The number of rotatable bonds is 4. The van der Waals surface area contributed by atoms with Gasteiger partial charge in [-0.25, -0.2) is 0 Å². The van der Waals surface area contributed by atoms with Crippen LogP contribution in [-0.2, 0) is 6.54 Å². The molecule has 2 rings (SSSR count). The maximum absolute atomic E-state index is 5.70. The third kappa shape index (κ3) is 3.24. The molecule has 90 valence electrons. The van der Waals surface area contributed by atoms with Gasteiger partial charge in [0.15, 0.2) is 0 Å². The second-order valence-corrected chi connectivity index (χ2v) is 5.44. The molecule has 1 heterocycles. The number of benzene rings is 1. The van der Waals surface area contributed by atoms with Gasteiger partial charge in [-0.05, 0) is 31.7 Å². The first-order valence-corrected chi connectivity index (χ1v) is 6.71. The highest BCUT2D eigenvalue weighted by molar-refractivity contribution is 9.10. The second kappa shape index (κ2) is 5.57. The van der Waals surface area contributed by atoms with Crippen LogP contribution in [0.1, 0.15) is 10.6 Å². The molecule has 0 radical (unpaired) electrons. The van der Waals surface area contributed by atoms with E-state index >= 15 is 0 Å². The largest absolute Gasteiger partial charge is 0.429 e. The van der Waals surface area contributed by atoms with Crippen LogP contribution in [0.4, 0.5) is 0 Å². The van der Waals surface area contributed by atoms with Crippen LogP contribution in [0.3, 0.4) is 0 Å². The summed E-state index contributed by atoms with van der Waals surface area (Å²) in [6, 6.07) is 5.90. The van der Waals surface area contributed by atoms with Gasteiger partial charge in [0.2, 0.25) is 0 Å². The van der Waals surface area contributed by atoms with Gasteiger partial charge in [0.05, 0.1) is 0 Å². The van der Waals surface area contributed by atoms with Gasteiger partial charge in [-0.1, -0.05) is 38.4 Å². The zero-order valence-corrected chi connectivity index (χ0v) is 11.9. The molecule has 0 atom stereocenters. The molecular weight excluding hydrogens is 302 g/mol. The fraction of sp³-hybridized carbons (Fsp3) is 0.273. The summed E-state index contributed by atoms with van der Waals surface area (Å²) in [5, 5.41) is 12.5. The van der Waals surface area contributed by atoms with E-state index in [2.05, 4.69) is 31.4 Å². The lowest BCUT2D eigenvalue weighted by atomic mass is 10.2. The summed E-state index contributed by atoms with van der Waals surface area (Å²) in [5.41, 5.74) is 1.07. The predicted molar refractivity (Wildman–Crippen MR) is 71.6 cm³/mol. The normalized spacial score (nSPS) is 10.5. The SMILES string of the molecule is CNCc1nnc(Oc2cc(Br)ccc2C)s1. The Balaban J connectivity index is 2.16. The molecule has 2 aromatic rings. The van der Waals surface area contributed by atoms with Crippen LogP contribution in [0.15, 0.2) is 22.7 Å². The maximum Gasteiger partial charge on any atom is 0.299 e. The van der Waals surface area contributed by atoms with E-state index in [1.807, 2.05) is 32.2 Å². The lowest BCUT2D eigenvalue weighted by Gasteiger charge is -2.05. The highest BCUT2D eigenvalue weighted by Crippen LogP contribution is 2.29. The molecule has 1 aromatic heterocycles. The molecule has 0 saturated heterocycles. The average Bonchev–Trinajstić information content (AvgIpc) is 2.72. The molecule has 0 fully saturated rings. The fourth-order valence-electron chi connectivity index (χ4n) is 1.28. The van der Waals surface area contributed by atoms with Crippen LogP contribution < -0.4 is 10.1 Å². The van der Waals surface area contributed by atoms with Crippen molar-refractivity contribution in [2.75, 3.05) is 7.05 Å². The molecule has 0 amide bonds. The Morgan fingerprint density at radius 3 is 3.00 bits per heavy atom. The number of ether oxygens (including phenoxy) is 1. The third-order valence-electron chi connectivity index (χ3n) is 2.12. The summed E-state index contributed by atoms with van der Waals surface area (Å²) >= 11 is 4.86. The Labute approximate surface area is 112 Å². The lowest BCUT2D eigenvalue weighted by Crippen LogP contribution is -2.04. The van der Waals surface area contributed by atoms with Gasteiger partial charge in [0.25, 0.3) is 5.19 Å². The number of aromatic nitrogens is 2. The van der Waals surface area contributed by atoms with Gasteiger partial charge in [-0.3, -0.25) is 0 Å². The summed E-state index contributed by atoms with van der Waals surface area (Å²) in [6.07, 6.45) is 0. The first-order chi connectivity index (χ1) is 8.19. The van der Waals surface area contributed by atoms with Crippen molar-refractivity contribution in [1.82, 2.24) is 15.5 Å². The van der Waals surface area contributed by atoms with Crippen LogP contribution in [0, 0.1) is 6.92 Å². The highest BCUT2D eigenvalue weighted by atomic mass is 79.9. The van der Waals surface area contributed by atoms with Crippen molar-refractivity contribution in [2.24, 2.45) is 0 Å². The Bertz CT molecular complexity index is 515. The Kier molecular flexibility index (Phi) is 4.09. The Hall–Kier alpha value is -0.980. The molecule has 0 spiro atoms. The van der Waals surface area contributed by atoms with Gasteiger partial charge < -0.3 is 10.1 Å². The van der Waals surface area contributed by atoms with Crippen LogP contribution in [0.2, 0.25) is 0 Å². The highest BCUT2D eigenvalue weighted by Gasteiger charge is 2.07. The smallest absolute Gasteiger partial charge is 0.299 e. The van der Waals surface area contributed by atoms with Crippen molar-refractivity contribution in [3.8, 4) is 10.9 Å². The standard InChI is InChI=1S/C11H12BrN3OS/c1-7-3-4-8(12)5-9(7)16-11-15-14-10(17-11)6-13-2/h3-5,13H,6H2,1-2H3. The monoisotopic (exact) mass is 313 g/mol. The summed E-state index contributed by atoms with van der Waals surface area (Å²) in [4.78, 5) is 0. The number of nitrogens with one attached hydrogen (secondary N) is 1. The molecule has 6 heteroatoms. The fourth-order valence-corrected chi connectivity index (χ4v) is 2.33. The van der Waals surface area contributed by atoms with Crippen molar-refractivity contribution in [2.45, 2.75) is 13.5 Å². The average molecular weight is 314 g/mol. The number of hydrogen-bond donors (Lipinski definition) is 1. The molecule has 0 aliphatic heterocycles. The summed E-state index contributed by atoms with van der Waals surface area (Å²) in [5.74, 6) is 0.798. The van der Waals surface area contributed by atoms with Crippen molar-refractivity contribution in [3.05, 3.63) is 33.2 Å². The van der Waals surface area contributed by atoms with Crippen molar-refractivity contribution in [3.63, 3.8) is 0 Å². The van der Waals surface area contributed by atoms with Crippen molar-refractivity contribution in [1.29, 1.82) is 0 Å². The van der Waals surface area contributed by atoms with Gasteiger partial charge in [-0.15, -0.1) is 5.10 Å². The molecular formula is C11H12BrN3OS. The number of halogens is 1. The Morgan fingerprint density at radius 2 is 2.24 bits per heavy atom. The minimum absolute atomic E-state index is 0.566. The maximum atomic E-state index is 5.70. The quantitative estimate of drug-likeness (QED) is 0.942. The van der Waals surface area contributed by atoms with Gasteiger partial charge in [-0.2, -0.15) is 0 Å². The molecule has 17 heavy (non-hydrogen) atoms.